The predicted octanol–water partition coefficient (Wildman–Crippen LogP) is 4.03. The van der Waals surface area contributed by atoms with Crippen LogP contribution in [0.25, 0.3) is 0 Å². The van der Waals surface area contributed by atoms with E-state index in [1.54, 1.807) is 31.2 Å². The Bertz CT molecular complexity index is 638. The van der Waals surface area contributed by atoms with Crippen LogP contribution in [0.15, 0.2) is 36.4 Å². The number of halogens is 2. The Morgan fingerprint density at radius 3 is 2.58 bits per heavy atom. The lowest BCUT2D eigenvalue weighted by Gasteiger charge is -2.08. The number of hydrogen-bond acceptors (Lipinski definition) is 2. The van der Waals surface area contributed by atoms with E-state index >= 15 is 0 Å². The minimum Gasteiger partial charge on any atom is -0.494 e. The van der Waals surface area contributed by atoms with Gasteiger partial charge in [-0.3, -0.25) is 4.79 Å². The van der Waals surface area contributed by atoms with E-state index in [9.17, 15) is 9.18 Å². The Kier molecular flexibility index (Phi) is 3.86. The molecule has 2 aromatic rings. The van der Waals surface area contributed by atoms with Gasteiger partial charge >= 0.3 is 0 Å². The van der Waals surface area contributed by atoms with Gasteiger partial charge in [-0.05, 0) is 42.8 Å². The van der Waals surface area contributed by atoms with Crippen LogP contribution in [0.2, 0.25) is 5.02 Å². The molecule has 0 radical (unpaired) electrons. The van der Waals surface area contributed by atoms with Crippen molar-refractivity contribution in [3.63, 3.8) is 0 Å². The van der Waals surface area contributed by atoms with Crippen LogP contribution >= 0.6 is 11.6 Å². The minimum atomic E-state index is -0.649. The van der Waals surface area contributed by atoms with Crippen molar-refractivity contribution in [1.29, 1.82) is 0 Å². The van der Waals surface area contributed by atoms with E-state index in [0.29, 0.717) is 16.1 Å². The molecule has 2 nitrogen and oxygen atoms in total. The van der Waals surface area contributed by atoms with Crippen LogP contribution in [0, 0.1) is 12.7 Å². The molecule has 0 aliphatic heterocycles. The van der Waals surface area contributed by atoms with Gasteiger partial charge in [0.25, 0.3) is 0 Å². The fourth-order valence-electron chi connectivity index (χ4n) is 1.87. The number of hydrogen-bond donors (Lipinski definition) is 0. The van der Waals surface area contributed by atoms with Crippen LogP contribution in [0.4, 0.5) is 4.39 Å². The number of carbonyl (C=O) groups is 1. The molecule has 0 atom stereocenters. The number of benzene rings is 2. The summed E-state index contributed by atoms with van der Waals surface area (Å²) >= 11 is 5.84. The standard InChI is InChI=1S/C15H12ClFO2/c1-9-8-10(16)6-7-11(9)15(18)12-4-3-5-13(19-2)14(12)17/h3-8H,1-2H3. The molecular weight excluding hydrogens is 267 g/mol. The lowest BCUT2D eigenvalue weighted by atomic mass is 9.98. The lowest BCUT2D eigenvalue weighted by molar-refractivity contribution is 0.103. The third-order valence-electron chi connectivity index (χ3n) is 2.86. The van der Waals surface area contributed by atoms with Crippen LogP contribution in [-0.4, -0.2) is 12.9 Å². The van der Waals surface area contributed by atoms with Crippen molar-refractivity contribution in [2.45, 2.75) is 6.92 Å². The molecule has 0 N–H and O–H groups in total. The molecule has 2 rings (SSSR count). The van der Waals surface area contributed by atoms with Crippen LogP contribution < -0.4 is 4.74 Å². The summed E-state index contributed by atoms with van der Waals surface area (Å²) in [6.45, 7) is 1.76. The second kappa shape index (κ2) is 5.41. The smallest absolute Gasteiger partial charge is 0.196 e. The van der Waals surface area contributed by atoms with Gasteiger partial charge in [0.05, 0.1) is 12.7 Å². The molecule has 0 bridgehead atoms. The first-order valence-electron chi connectivity index (χ1n) is 5.68. The van der Waals surface area contributed by atoms with Crippen molar-refractivity contribution in [2.24, 2.45) is 0 Å². The first kappa shape index (κ1) is 13.6. The molecule has 0 aromatic heterocycles. The van der Waals surface area contributed by atoms with Gasteiger partial charge in [0.1, 0.15) is 0 Å². The Morgan fingerprint density at radius 2 is 1.95 bits per heavy atom. The summed E-state index contributed by atoms with van der Waals surface area (Å²) in [6, 6.07) is 9.38. The highest BCUT2D eigenvalue weighted by molar-refractivity contribution is 6.30. The van der Waals surface area contributed by atoms with Crippen molar-refractivity contribution in [2.75, 3.05) is 7.11 Å². The van der Waals surface area contributed by atoms with Gasteiger partial charge in [0.2, 0.25) is 0 Å². The molecular formula is C15H12ClFO2. The van der Waals surface area contributed by atoms with Crippen LogP contribution in [0.1, 0.15) is 21.5 Å². The molecule has 19 heavy (non-hydrogen) atoms. The fraction of sp³-hybridized carbons (Fsp3) is 0.133. The predicted molar refractivity (Wildman–Crippen MR) is 72.6 cm³/mol. The van der Waals surface area contributed by atoms with E-state index < -0.39 is 5.82 Å². The number of aryl methyl sites for hydroxylation is 1. The number of ketones is 1. The highest BCUT2D eigenvalue weighted by Crippen LogP contribution is 2.24. The third-order valence-corrected chi connectivity index (χ3v) is 3.10. The maximum atomic E-state index is 14.0. The maximum absolute atomic E-state index is 14.0. The quantitative estimate of drug-likeness (QED) is 0.793. The summed E-state index contributed by atoms with van der Waals surface area (Å²) in [4.78, 5) is 12.3. The van der Waals surface area contributed by atoms with Gasteiger partial charge in [-0.1, -0.05) is 17.7 Å². The zero-order chi connectivity index (χ0) is 14.0. The summed E-state index contributed by atoms with van der Waals surface area (Å²) in [5.41, 5.74) is 1.13. The van der Waals surface area contributed by atoms with Gasteiger partial charge in [-0.15, -0.1) is 0 Å². The first-order chi connectivity index (χ1) is 9.04. The summed E-state index contributed by atoms with van der Waals surface area (Å²) in [5.74, 6) is -0.979. The van der Waals surface area contributed by atoms with Crippen molar-refractivity contribution in [1.82, 2.24) is 0 Å². The molecule has 98 valence electrons. The Balaban J connectivity index is 2.50. The van der Waals surface area contributed by atoms with Crippen LogP contribution in [0.5, 0.6) is 5.75 Å². The first-order valence-corrected chi connectivity index (χ1v) is 6.05. The molecule has 0 amide bonds. The van der Waals surface area contributed by atoms with Gasteiger partial charge in [-0.2, -0.15) is 0 Å². The SMILES string of the molecule is COc1cccc(C(=O)c2ccc(Cl)cc2C)c1F. The fourth-order valence-corrected chi connectivity index (χ4v) is 2.10. The lowest BCUT2D eigenvalue weighted by Crippen LogP contribution is -2.07. The van der Waals surface area contributed by atoms with Crippen LogP contribution in [-0.2, 0) is 0 Å². The zero-order valence-corrected chi connectivity index (χ0v) is 11.3. The Labute approximate surface area is 115 Å². The number of methoxy groups -OCH3 is 1. The molecule has 0 spiro atoms. The van der Waals surface area contributed by atoms with Crippen LogP contribution in [0.3, 0.4) is 0 Å². The topological polar surface area (TPSA) is 26.3 Å². The highest BCUT2D eigenvalue weighted by atomic mass is 35.5. The molecule has 0 saturated carbocycles. The second-order valence-electron chi connectivity index (χ2n) is 4.11. The van der Waals surface area contributed by atoms with Gasteiger partial charge in [0, 0.05) is 10.6 Å². The molecule has 0 saturated heterocycles. The van der Waals surface area contributed by atoms with E-state index in [2.05, 4.69) is 0 Å². The number of carbonyl (C=O) groups excluding carboxylic acids is 1. The summed E-state index contributed by atoms with van der Waals surface area (Å²) in [5, 5.41) is 0.542. The molecule has 2 aromatic carbocycles. The Hall–Kier alpha value is -1.87. The summed E-state index contributed by atoms with van der Waals surface area (Å²) in [7, 11) is 1.36. The summed E-state index contributed by atoms with van der Waals surface area (Å²) in [6.07, 6.45) is 0. The molecule has 0 aliphatic carbocycles. The molecule has 0 unspecified atom stereocenters. The molecule has 0 aliphatic rings. The Morgan fingerprint density at radius 1 is 1.21 bits per heavy atom. The monoisotopic (exact) mass is 278 g/mol. The highest BCUT2D eigenvalue weighted by Gasteiger charge is 2.18. The third kappa shape index (κ3) is 2.61. The average molecular weight is 279 g/mol. The average Bonchev–Trinajstić information content (AvgIpc) is 2.38. The van der Waals surface area contributed by atoms with Crippen molar-refractivity contribution in [3.8, 4) is 5.75 Å². The molecule has 0 fully saturated rings. The summed E-state index contributed by atoms with van der Waals surface area (Å²) < 4.78 is 18.9. The van der Waals surface area contributed by atoms with Crippen molar-refractivity contribution in [3.05, 3.63) is 63.9 Å². The number of rotatable bonds is 3. The van der Waals surface area contributed by atoms with Crippen molar-refractivity contribution < 1.29 is 13.9 Å². The van der Waals surface area contributed by atoms with E-state index in [4.69, 9.17) is 16.3 Å². The normalized spacial score (nSPS) is 10.3. The second-order valence-corrected chi connectivity index (χ2v) is 4.55. The van der Waals surface area contributed by atoms with Gasteiger partial charge in [0.15, 0.2) is 17.3 Å². The molecule has 0 heterocycles. The minimum absolute atomic E-state index is 0.00947. The van der Waals surface area contributed by atoms with Gasteiger partial charge < -0.3 is 4.74 Å². The van der Waals surface area contributed by atoms with E-state index in [-0.39, 0.29) is 17.1 Å². The zero-order valence-electron chi connectivity index (χ0n) is 10.5. The van der Waals surface area contributed by atoms with Gasteiger partial charge in [-0.25, -0.2) is 4.39 Å². The van der Waals surface area contributed by atoms with E-state index in [1.165, 1.54) is 19.2 Å². The van der Waals surface area contributed by atoms with E-state index in [0.717, 1.165) is 0 Å². The largest absolute Gasteiger partial charge is 0.494 e. The number of ether oxygens (including phenoxy) is 1. The molecule has 4 heteroatoms. The van der Waals surface area contributed by atoms with Crippen molar-refractivity contribution >= 4 is 17.4 Å². The maximum Gasteiger partial charge on any atom is 0.196 e. The van der Waals surface area contributed by atoms with E-state index in [1.807, 2.05) is 0 Å².